The monoisotopic (exact) mass is 338 g/mol. The lowest BCUT2D eigenvalue weighted by atomic mass is 10.2. The van der Waals surface area contributed by atoms with Gasteiger partial charge in [-0.3, -0.25) is 9.59 Å². The summed E-state index contributed by atoms with van der Waals surface area (Å²) >= 11 is 0. The third kappa shape index (κ3) is 4.17. The molecule has 6 heteroatoms. The van der Waals surface area contributed by atoms with E-state index in [2.05, 4.69) is 10.3 Å². The van der Waals surface area contributed by atoms with Gasteiger partial charge in [0.1, 0.15) is 23.7 Å². The van der Waals surface area contributed by atoms with Crippen molar-refractivity contribution < 1.29 is 13.9 Å². The number of carbonyl (C=O) groups excluding carboxylic acids is 1. The van der Waals surface area contributed by atoms with Crippen LogP contribution in [0.5, 0.6) is 5.75 Å². The minimum Gasteiger partial charge on any atom is -0.492 e. The fourth-order valence-electron chi connectivity index (χ4n) is 2.36. The molecule has 25 heavy (non-hydrogen) atoms. The summed E-state index contributed by atoms with van der Waals surface area (Å²) in [5.41, 5.74) is 1.20. The third-order valence-corrected chi connectivity index (χ3v) is 3.59. The van der Waals surface area contributed by atoms with E-state index in [-0.39, 0.29) is 5.56 Å². The highest BCUT2D eigenvalue weighted by Crippen LogP contribution is 2.15. The molecular formula is C19H18N2O4. The summed E-state index contributed by atoms with van der Waals surface area (Å²) in [7, 11) is 0. The predicted molar refractivity (Wildman–Crippen MR) is 93.8 cm³/mol. The van der Waals surface area contributed by atoms with E-state index < -0.39 is 11.5 Å². The molecule has 0 spiro atoms. The Kier molecular flexibility index (Phi) is 4.99. The van der Waals surface area contributed by atoms with Gasteiger partial charge in [-0.15, -0.1) is 0 Å². The van der Waals surface area contributed by atoms with Crippen molar-refractivity contribution in [3.8, 4) is 17.2 Å². The molecule has 3 aromatic rings. The van der Waals surface area contributed by atoms with Crippen LogP contribution in [0.15, 0.2) is 64.0 Å². The zero-order valence-electron chi connectivity index (χ0n) is 13.7. The molecule has 3 rings (SSSR count). The Labute approximate surface area is 144 Å². The van der Waals surface area contributed by atoms with E-state index in [4.69, 9.17) is 9.15 Å². The maximum absolute atomic E-state index is 12.1. The van der Waals surface area contributed by atoms with Gasteiger partial charge in [-0.25, -0.2) is 0 Å². The van der Waals surface area contributed by atoms with Gasteiger partial charge in [0.15, 0.2) is 0 Å². The van der Waals surface area contributed by atoms with Crippen LogP contribution in [0.25, 0.3) is 11.5 Å². The van der Waals surface area contributed by atoms with Gasteiger partial charge in [-0.05, 0) is 48.9 Å². The van der Waals surface area contributed by atoms with Crippen LogP contribution < -0.4 is 15.6 Å². The van der Waals surface area contributed by atoms with Crippen molar-refractivity contribution in [2.24, 2.45) is 0 Å². The standard InChI is InChI=1S/C19H18N2O4/c1-13-4-2-5-14(12-13)24-11-9-20-18(22)15-7-8-16(21-19(15)23)17-6-3-10-25-17/h2-8,10,12H,9,11H2,1H3,(H,20,22)(H,21,23). The first kappa shape index (κ1) is 16.6. The van der Waals surface area contributed by atoms with Crippen molar-refractivity contribution >= 4 is 5.91 Å². The minimum atomic E-state index is -0.467. The van der Waals surface area contributed by atoms with Gasteiger partial charge in [0.2, 0.25) is 0 Å². The zero-order valence-corrected chi connectivity index (χ0v) is 13.7. The van der Waals surface area contributed by atoms with Crippen LogP contribution >= 0.6 is 0 Å². The Morgan fingerprint density at radius 2 is 2.08 bits per heavy atom. The minimum absolute atomic E-state index is 0.0471. The number of carbonyl (C=O) groups is 1. The average Bonchev–Trinajstić information content (AvgIpc) is 3.13. The predicted octanol–water partition coefficient (Wildman–Crippen LogP) is 2.75. The lowest BCUT2D eigenvalue weighted by molar-refractivity contribution is 0.0945. The second-order valence-electron chi connectivity index (χ2n) is 5.51. The van der Waals surface area contributed by atoms with E-state index in [0.29, 0.717) is 24.6 Å². The summed E-state index contributed by atoms with van der Waals surface area (Å²) in [6.07, 6.45) is 1.52. The number of ether oxygens (including phenoxy) is 1. The second kappa shape index (κ2) is 7.53. The first-order chi connectivity index (χ1) is 12.1. The number of aromatic amines is 1. The van der Waals surface area contributed by atoms with E-state index in [9.17, 15) is 9.59 Å². The number of H-pyrrole nitrogens is 1. The number of aryl methyl sites for hydroxylation is 1. The van der Waals surface area contributed by atoms with Crippen LogP contribution in [0.1, 0.15) is 15.9 Å². The van der Waals surface area contributed by atoms with Crippen molar-refractivity contribution in [2.75, 3.05) is 13.2 Å². The topological polar surface area (TPSA) is 84.3 Å². The van der Waals surface area contributed by atoms with Crippen LogP contribution in [0.3, 0.4) is 0 Å². The number of furan rings is 1. The molecule has 0 saturated carbocycles. The van der Waals surface area contributed by atoms with Gasteiger partial charge in [0.05, 0.1) is 18.5 Å². The average molecular weight is 338 g/mol. The van der Waals surface area contributed by atoms with Gasteiger partial charge in [0, 0.05) is 0 Å². The van der Waals surface area contributed by atoms with Crippen molar-refractivity contribution in [2.45, 2.75) is 6.92 Å². The van der Waals surface area contributed by atoms with E-state index in [1.165, 1.54) is 12.3 Å². The maximum Gasteiger partial charge on any atom is 0.261 e. The van der Waals surface area contributed by atoms with Gasteiger partial charge < -0.3 is 19.5 Å². The molecule has 6 nitrogen and oxygen atoms in total. The molecule has 128 valence electrons. The number of benzene rings is 1. The summed E-state index contributed by atoms with van der Waals surface area (Å²) in [5, 5.41) is 2.67. The summed E-state index contributed by atoms with van der Waals surface area (Å²) in [5.74, 6) is 0.839. The summed E-state index contributed by atoms with van der Waals surface area (Å²) < 4.78 is 10.8. The molecule has 0 unspecified atom stereocenters. The number of pyridine rings is 1. The lowest BCUT2D eigenvalue weighted by Crippen LogP contribution is -2.32. The fourth-order valence-corrected chi connectivity index (χ4v) is 2.36. The number of hydrogen-bond donors (Lipinski definition) is 2. The van der Waals surface area contributed by atoms with E-state index in [1.54, 1.807) is 18.2 Å². The number of aromatic nitrogens is 1. The molecule has 0 aliphatic rings. The molecule has 0 aliphatic heterocycles. The maximum atomic E-state index is 12.1. The first-order valence-electron chi connectivity index (χ1n) is 7.88. The molecule has 0 radical (unpaired) electrons. The number of hydrogen-bond acceptors (Lipinski definition) is 4. The highest BCUT2D eigenvalue weighted by atomic mass is 16.5. The van der Waals surface area contributed by atoms with Gasteiger partial charge in [0.25, 0.3) is 11.5 Å². The highest BCUT2D eigenvalue weighted by Gasteiger charge is 2.11. The lowest BCUT2D eigenvalue weighted by Gasteiger charge is -2.08. The van der Waals surface area contributed by atoms with Crippen molar-refractivity contribution in [1.29, 1.82) is 0 Å². The van der Waals surface area contributed by atoms with Crippen LogP contribution in [0.2, 0.25) is 0 Å². The second-order valence-corrected chi connectivity index (χ2v) is 5.51. The smallest absolute Gasteiger partial charge is 0.261 e. The summed E-state index contributed by atoms with van der Waals surface area (Å²) in [4.78, 5) is 26.8. The fraction of sp³-hybridized carbons (Fsp3) is 0.158. The number of nitrogens with one attached hydrogen (secondary N) is 2. The normalized spacial score (nSPS) is 10.4. The SMILES string of the molecule is Cc1cccc(OCCNC(=O)c2ccc(-c3ccco3)[nH]c2=O)c1. The van der Waals surface area contributed by atoms with E-state index in [0.717, 1.165) is 11.3 Å². The van der Waals surface area contributed by atoms with Gasteiger partial charge >= 0.3 is 0 Å². The zero-order chi connectivity index (χ0) is 17.6. The molecule has 2 heterocycles. The van der Waals surface area contributed by atoms with Crippen LogP contribution in [0.4, 0.5) is 0 Å². The van der Waals surface area contributed by atoms with E-state index in [1.807, 2.05) is 31.2 Å². The molecule has 0 saturated heterocycles. The van der Waals surface area contributed by atoms with E-state index >= 15 is 0 Å². The molecule has 1 aromatic carbocycles. The van der Waals surface area contributed by atoms with Crippen molar-refractivity contribution in [3.63, 3.8) is 0 Å². The van der Waals surface area contributed by atoms with Gasteiger partial charge in [-0.1, -0.05) is 12.1 Å². The van der Waals surface area contributed by atoms with Crippen LogP contribution in [-0.4, -0.2) is 24.0 Å². The number of rotatable bonds is 6. The summed E-state index contributed by atoms with van der Waals surface area (Å²) in [6, 6.07) is 14.2. The molecule has 0 bridgehead atoms. The van der Waals surface area contributed by atoms with Crippen molar-refractivity contribution in [3.05, 3.63) is 76.3 Å². The highest BCUT2D eigenvalue weighted by molar-refractivity contribution is 5.94. The van der Waals surface area contributed by atoms with Crippen LogP contribution in [-0.2, 0) is 0 Å². The molecule has 0 atom stereocenters. The molecule has 2 aromatic heterocycles. The molecule has 0 fully saturated rings. The Balaban J connectivity index is 1.55. The summed E-state index contributed by atoms with van der Waals surface area (Å²) in [6.45, 7) is 2.59. The quantitative estimate of drug-likeness (QED) is 0.677. The first-order valence-corrected chi connectivity index (χ1v) is 7.88. The Morgan fingerprint density at radius 3 is 2.80 bits per heavy atom. The Hall–Kier alpha value is -3.28. The number of amides is 1. The van der Waals surface area contributed by atoms with Crippen LogP contribution in [0, 0.1) is 6.92 Å². The molecular weight excluding hydrogens is 320 g/mol. The molecule has 2 N–H and O–H groups in total. The molecule has 1 amide bonds. The van der Waals surface area contributed by atoms with Gasteiger partial charge in [-0.2, -0.15) is 0 Å². The molecule has 0 aliphatic carbocycles. The van der Waals surface area contributed by atoms with Crippen molar-refractivity contribution in [1.82, 2.24) is 10.3 Å². The Morgan fingerprint density at radius 1 is 1.20 bits per heavy atom. The largest absolute Gasteiger partial charge is 0.492 e. The third-order valence-electron chi connectivity index (χ3n) is 3.59. The Bertz CT molecular complexity index is 913.